The highest BCUT2D eigenvalue weighted by molar-refractivity contribution is 7.79. The van der Waals surface area contributed by atoms with Gasteiger partial charge in [-0.25, -0.2) is 17.6 Å². The van der Waals surface area contributed by atoms with E-state index < -0.39 is 22.5 Å². The summed E-state index contributed by atoms with van der Waals surface area (Å²) in [5.74, 6) is -1.44. The van der Waals surface area contributed by atoms with Gasteiger partial charge in [-0.05, 0) is 155 Å². The van der Waals surface area contributed by atoms with Gasteiger partial charge in [0.05, 0.1) is 12.1 Å². The number of allylic oxidation sites excluding steroid dienone is 10. The van der Waals surface area contributed by atoms with Crippen LogP contribution in [0.4, 0.5) is 11.4 Å². The third-order valence-corrected chi connectivity index (χ3v) is 11.6. The second kappa shape index (κ2) is 29.4. The van der Waals surface area contributed by atoms with Gasteiger partial charge < -0.3 is 29.4 Å². The van der Waals surface area contributed by atoms with Crippen molar-refractivity contribution in [2.24, 2.45) is 0 Å². The molecule has 69 heavy (non-hydrogen) atoms. The van der Waals surface area contributed by atoms with E-state index in [-0.39, 0.29) is 0 Å². The quantitative estimate of drug-likeness (QED) is 0.0676. The lowest BCUT2D eigenvalue weighted by atomic mass is 9.90. The lowest BCUT2D eigenvalue weighted by molar-refractivity contribution is -0.519. The molecule has 4 aromatic rings. The number of aliphatic hydroxyl groups is 1. The van der Waals surface area contributed by atoms with Gasteiger partial charge in [-0.2, -0.15) is 0 Å². The molecule has 0 amide bonds. The van der Waals surface area contributed by atoms with Gasteiger partial charge in [0.25, 0.3) is 0 Å². The van der Waals surface area contributed by atoms with E-state index >= 15 is 0 Å². The molecule has 0 saturated heterocycles. The fourth-order valence-corrected chi connectivity index (χ4v) is 7.92. The van der Waals surface area contributed by atoms with Crippen LogP contribution in [0.5, 0.6) is 0 Å². The van der Waals surface area contributed by atoms with Crippen LogP contribution < -0.4 is 14.9 Å². The second-order valence-corrected chi connectivity index (χ2v) is 16.6. The van der Waals surface area contributed by atoms with Gasteiger partial charge in [0.15, 0.2) is 11.4 Å². The van der Waals surface area contributed by atoms with Crippen molar-refractivity contribution in [3.8, 4) is 0 Å². The van der Waals surface area contributed by atoms with Gasteiger partial charge in [-0.1, -0.05) is 84.9 Å². The van der Waals surface area contributed by atoms with Crippen LogP contribution in [0, 0.1) is 0 Å². The first-order valence-corrected chi connectivity index (χ1v) is 25.3. The van der Waals surface area contributed by atoms with E-state index in [4.69, 9.17) is 22.6 Å². The summed E-state index contributed by atoms with van der Waals surface area (Å²) in [5, 5.41) is 17.3. The first-order valence-electron chi connectivity index (χ1n) is 23.9. The predicted molar refractivity (Wildman–Crippen MR) is 283 cm³/mol. The van der Waals surface area contributed by atoms with Crippen molar-refractivity contribution in [1.29, 1.82) is 0 Å². The minimum atomic E-state index is -4.92. The van der Waals surface area contributed by atoms with Gasteiger partial charge in [-0.3, -0.25) is 4.55 Å². The van der Waals surface area contributed by atoms with Crippen LogP contribution in [-0.2, 0) is 15.2 Å². The Morgan fingerprint density at radius 3 is 0.971 bits per heavy atom. The molecular formula is C57H72N4O7S. The number of hydrogen-bond acceptors (Lipinski definition) is 8. The lowest BCUT2D eigenvalue weighted by Crippen LogP contribution is -2.32. The number of rotatable bonds is 15. The molecule has 11 nitrogen and oxygen atoms in total. The predicted octanol–water partition coefficient (Wildman–Crippen LogP) is 9.03. The van der Waals surface area contributed by atoms with Gasteiger partial charge in [0, 0.05) is 61.9 Å². The number of aliphatic carboxylic acids is 1. The molecule has 0 heterocycles. The molecule has 368 valence electrons. The zero-order valence-electron chi connectivity index (χ0n) is 41.9. The number of carboxylic acids is 1. The van der Waals surface area contributed by atoms with Gasteiger partial charge in [0.1, 0.15) is 26.2 Å². The molecule has 1 atom stereocenters. The molecule has 0 spiro atoms. The minimum Gasteiger partial charge on any atom is -0.726 e. The third-order valence-electron chi connectivity index (χ3n) is 11.6. The molecule has 0 aliphatic heterocycles. The number of carboxylic acid groups (broad SMARTS) is 1. The normalized spacial score (nSPS) is 12.9. The maximum absolute atomic E-state index is 9.34. The standard InChI is InChI=1S/2C27H33N2.C3H6O3.H2O4S/c2*1-5-28(6-2)25-18-14-23(15-19-25)27(22-12-10-9-11-13-22)24-16-20-26(21-17-24)29(7-3)8-4;1-2(4)3(5)6;1-5(2,3)4/h2*9-21H,5-8H2,1-4H3;2,4H,1H3,(H,5,6);(H2,1,2,3,4)/q2*+1;;/p-2. The summed E-state index contributed by atoms with van der Waals surface area (Å²) in [6.45, 7) is 27.0. The smallest absolute Gasteiger partial charge is 0.215 e. The largest absolute Gasteiger partial charge is 0.726 e. The summed E-state index contributed by atoms with van der Waals surface area (Å²) in [4.78, 5) is 14.1. The van der Waals surface area contributed by atoms with E-state index in [9.17, 15) is 9.90 Å². The summed E-state index contributed by atoms with van der Waals surface area (Å²) < 4.78 is 37.6. The average Bonchev–Trinajstić information content (AvgIpc) is 3.35. The molecule has 0 fully saturated rings. The molecule has 2 aliphatic rings. The van der Waals surface area contributed by atoms with Gasteiger partial charge in [-0.15, -0.1) is 0 Å². The van der Waals surface area contributed by atoms with E-state index in [1.165, 1.54) is 67.3 Å². The number of carbonyl (C=O) groups excluding carboxylic acids is 1. The van der Waals surface area contributed by atoms with E-state index in [2.05, 4.69) is 232 Å². The highest BCUT2D eigenvalue weighted by Gasteiger charge is 2.16. The lowest BCUT2D eigenvalue weighted by Gasteiger charge is -2.22. The maximum atomic E-state index is 9.34. The summed E-state index contributed by atoms with van der Waals surface area (Å²) in [5.41, 5.74) is 15.2. The van der Waals surface area contributed by atoms with Crippen molar-refractivity contribution in [2.45, 2.75) is 68.4 Å². The molecule has 2 aliphatic carbocycles. The molecular weight excluding hydrogens is 885 g/mol. The Morgan fingerprint density at radius 1 is 0.507 bits per heavy atom. The first-order chi connectivity index (χ1) is 33.1. The third kappa shape index (κ3) is 18.2. The molecule has 12 heteroatoms. The summed E-state index contributed by atoms with van der Waals surface area (Å²) in [7, 11) is -4.92. The van der Waals surface area contributed by atoms with Crippen molar-refractivity contribution >= 4 is 50.3 Å². The van der Waals surface area contributed by atoms with Crippen molar-refractivity contribution in [3.05, 3.63) is 191 Å². The Hall–Kier alpha value is -6.44. The average molecular weight is 957 g/mol. The molecule has 2 N–H and O–H groups in total. The minimum absolute atomic E-state index is 1.03. The number of benzene rings is 4. The summed E-state index contributed by atoms with van der Waals surface area (Å²) >= 11 is 0. The van der Waals surface area contributed by atoms with E-state index in [1.807, 2.05) is 0 Å². The van der Waals surface area contributed by atoms with Crippen LogP contribution in [-0.4, -0.2) is 108 Å². The highest BCUT2D eigenvalue weighted by atomic mass is 32.3. The van der Waals surface area contributed by atoms with E-state index in [0.717, 1.165) is 59.3 Å². The Kier molecular flexibility index (Phi) is 24.3. The monoisotopic (exact) mass is 957 g/mol. The number of nitrogens with zero attached hydrogens (tertiary/aromatic N) is 4. The summed E-state index contributed by atoms with van der Waals surface area (Å²) in [6.07, 6.45) is 16.7. The number of carbonyl (C=O) groups is 1. The number of anilines is 2. The van der Waals surface area contributed by atoms with Gasteiger partial charge >= 0.3 is 0 Å². The molecule has 6 rings (SSSR count). The Labute approximate surface area is 412 Å². The van der Waals surface area contributed by atoms with Gasteiger partial charge in [0.2, 0.25) is 10.4 Å². The van der Waals surface area contributed by atoms with Crippen molar-refractivity contribution in [1.82, 2.24) is 0 Å². The molecule has 4 aromatic carbocycles. The molecule has 0 saturated carbocycles. The fourth-order valence-electron chi connectivity index (χ4n) is 7.92. The first kappa shape index (κ1) is 56.9. The maximum Gasteiger partial charge on any atom is 0.215 e. The SMILES string of the molecule is CC(O)C(=O)[O-].CCN(CC)c1ccc(C(=C2C=CC(=[N+](CC)CC)C=C2)c2ccccc2)cc1.CCN(CC)c1ccc(C(=C2C=CC(=[N+](CC)CC)C=C2)c2ccccc2)cc1.O=S(=O)([O-])O. The summed E-state index contributed by atoms with van der Waals surface area (Å²) in [6, 6.07) is 39.4. The van der Waals surface area contributed by atoms with Crippen molar-refractivity contribution in [3.63, 3.8) is 0 Å². The molecule has 0 aromatic heterocycles. The Morgan fingerprint density at radius 2 is 0.754 bits per heavy atom. The van der Waals surface area contributed by atoms with Crippen LogP contribution >= 0.6 is 0 Å². The van der Waals surface area contributed by atoms with Crippen LogP contribution in [0.25, 0.3) is 11.1 Å². The Balaban J connectivity index is 0.000000300. The van der Waals surface area contributed by atoms with E-state index in [1.54, 1.807) is 0 Å². The zero-order valence-corrected chi connectivity index (χ0v) is 42.7. The highest BCUT2D eigenvalue weighted by Crippen LogP contribution is 2.32. The molecule has 0 radical (unpaired) electrons. The van der Waals surface area contributed by atoms with Crippen LogP contribution in [0.2, 0.25) is 0 Å². The van der Waals surface area contributed by atoms with Crippen LogP contribution in [0.3, 0.4) is 0 Å². The Bertz CT molecular complexity index is 2390. The topological polar surface area (TPSA) is 150 Å². The molecule has 0 bridgehead atoms. The second-order valence-electron chi connectivity index (χ2n) is 15.8. The number of hydrogen-bond donors (Lipinski definition) is 2. The van der Waals surface area contributed by atoms with Crippen LogP contribution in [0.15, 0.2) is 169 Å². The van der Waals surface area contributed by atoms with E-state index in [0.29, 0.717) is 0 Å². The number of aliphatic hydroxyl groups excluding tert-OH is 1. The zero-order chi connectivity index (χ0) is 50.9. The fraction of sp³-hybridized carbons (Fsp3) is 0.316. The van der Waals surface area contributed by atoms with Crippen molar-refractivity contribution < 1.29 is 41.7 Å². The van der Waals surface area contributed by atoms with Crippen LogP contribution in [0.1, 0.15) is 84.6 Å². The van der Waals surface area contributed by atoms with Crippen molar-refractivity contribution in [2.75, 3.05) is 62.2 Å². The molecule has 1 unspecified atom stereocenters.